The number of likely N-dealkylation sites (tertiary alicyclic amines) is 1. The van der Waals surface area contributed by atoms with Gasteiger partial charge in [-0.2, -0.15) is 5.10 Å². The van der Waals surface area contributed by atoms with Crippen LogP contribution in [-0.4, -0.2) is 72.1 Å². The number of aliphatic hydroxyl groups excluding tert-OH is 1. The number of carbonyl (C=O) groups excluding carboxylic acids is 1. The number of nitrogens with zero attached hydrogens (tertiary/aromatic N) is 6. The first-order valence-corrected chi connectivity index (χ1v) is 16.3. The molecule has 46 heavy (non-hydrogen) atoms. The van der Waals surface area contributed by atoms with E-state index in [4.69, 9.17) is 5.10 Å². The Morgan fingerprint density at radius 2 is 1.96 bits per heavy atom. The van der Waals surface area contributed by atoms with Gasteiger partial charge >= 0.3 is 0 Å². The topological polar surface area (TPSA) is 101 Å². The molecule has 7 rings (SSSR count). The van der Waals surface area contributed by atoms with Crippen molar-refractivity contribution in [1.29, 1.82) is 0 Å². The number of aliphatic hydroxyl groups is 1. The Kier molecular flexibility index (Phi) is 8.38. The largest absolute Gasteiger partial charge is 0.393 e. The number of anilines is 1. The van der Waals surface area contributed by atoms with Gasteiger partial charge in [-0.1, -0.05) is 24.3 Å². The summed E-state index contributed by atoms with van der Waals surface area (Å²) < 4.78 is 46.6. The number of aromatic nitrogens is 5. The SMILES string of the molecule is Cc1c(-c2ccc(CCN3CCC(O)CC3)cc2)cc(C(F)F)c2cn(C(C(=O)Nc3nccs3)c3ncn4c3C[C@@H](F)C4)nc12. The van der Waals surface area contributed by atoms with Crippen molar-refractivity contribution in [2.45, 2.75) is 63.9 Å². The second-order valence-electron chi connectivity index (χ2n) is 12.1. The number of hydrogen-bond acceptors (Lipinski definition) is 7. The van der Waals surface area contributed by atoms with Crippen LogP contribution in [0.1, 0.15) is 53.4 Å². The third kappa shape index (κ3) is 5.94. The standard InChI is InChI=1S/C33H34F3N7O2S/c1-19-24(21-4-2-20(3-5-21)6-10-41-11-7-23(44)8-12-41)15-25(31(35)36)26-17-43(40-28(19)26)30(32(45)39-33-37-9-13-46-33)29-27-14-22(34)16-42(27)18-38-29/h2-5,9,13,15,17-18,22-23,30-31,44H,6-8,10-12,14,16H2,1H3,(H,37,39,45)/t22-,30?/m1/s1. The van der Waals surface area contributed by atoms with Crippen molar-refractivity contribution >= 4 is 33.3 Å². The minimum atomic E-state index is -2.78. The molecule has 5 aromatic rings. The number of nitrogens with one attached hydrogen (secondary N) is 1. The zero-order chi connectivity index (χ0) is 31.9. The zero-order valence-electron chi connectivity index (χ0n) is 25.2. The molecule has 0 aliphatic carbocycles. The van der Waals surface area contributed by atoms with Gasteiger partial charge in [0.2, 0.25) is 0 Å². The summed E-state index contributed by atoms with van der Waals surface area (Å²) in [4.78, 5) is 24.7. The molecule has 2 atom stereocenters. The fourth-order valence-electron chi connectivity index (χ4n) is 6.59. The average molecular weight is 650 g/mol. The molecule has 0 saturated carbocycles. The van der Waals surface area contributed by atoms with Crippen LogP contribution in [0.25, 0.3) is 22.0 Å². The minimum Gasteiger partial charge on any atom is -0.393 e. The van der Waals surface area contributed by atoms with Crippen LogP contribution in [0.15, 0.2) is 54.4 Å². The predicted molar refractivity (Wildman–Crippen MR) is 170 cm³/mol. The minimum absolute atomic E-state index is 0.0970. The normalized spacial score (nSPS) is 18.0. The first-order valence-electron chi connectivity index (χ1n) is 15.4. The molecule has 240 valence electrons. The van der Waals surface area contributed by atoms with Gasteiger partial charge in [0, 0.05) is 60.5 Å². The molecule has 9 nitrogen and oxygen atoms in total. The van der Waals surface area contributed by atoms with Crippen molar-refractivity contribution in [2.75, 3.05) is 25.0 Å². The molecule has 1 unspecified atom stereocenters. The second kappa shape index (κ2) is 12.6. The summed E-state index contributed by atoms with van der Waals surface area (Å²) >= 11 is 1.24. The smallest absolute Gasteiger partial charge is 0.264 e. The van der Waals surface area contributed by atoms with Crippen LogP contribution >= 0.6 is 11.3 Å². The predicted octanol–water partition coefficient (Wildman–Crippen LogP) is 5.72. The van der Waals surface area contributed by atoms with E-state index in [1.165, 1.54) is 34.6 Å². The summed E-state index contributed by atoms with van der Waals surface area (Å²) in [5.41, 5.74) is 4.35. The Bertz CT molecular complexity index is 1850. The molecule has 5 heterocycles. The number of carbonyl (C=O) groups is 1. The highest BCUT2D eigenvalue weighted by molar-refractivity contribution is 7.13. The first kappa shape index (κ1) is 30.6. The van der Waals surface area contributed by atoms with Crippen LogP contribution in [0, 0.1) is 6.92 Å². The van der Waals surface area contributed by atoms with Gasteiger partial charge in [-0.05, 0) is 54.5 Å². The molecular weight excluding hydrogens is 615 g/mol. The Morgan fingerprint density at radius 3 is 2.67 bits per heavy atom. The van der Waals surface area contributed by atoms with Gasteiger partial charge in [0.25, 0.3) is 12.3 Å². The van der Waals surface area contributed by atoms with Crippen LogP contribution in [0.5, 0.6) is 0 Å². The Morgan fingerprint density at radius 1 is 1.17 bits per heavy atom. The van der Waals surface area contributed by atoms with Crippen molar-refractivity contribution in [3.63, 3.8) is 0 Å². The van der Waals surface area contributed by atoms with Gasteiger partial charge in [-0.25, -0.2) is 23.1 Å². The fraction of sp³-hybridized carbons (Fsp3) is 0.394. The summed E-state index contributed by atoms with van der Waals surface area (Å²) in [5.74, 6) is -0.501. The van der Waals surface area contributed by atoms with E-state index in [0.717, 1.165) is 50.0 Å². The maximum Gasteiger partial charge on any atom is 0.264 e. The number of hydrogen-bond donors (Lipinski definition) is 2. The second-order valence-corrected chi connectivity index (χ2v) is 13.0. The number of alkyl halides is 3. The number of rotatable bonds is 9. The molecular formula is C33H34F3N7O2S. The lowest BCUT2D eigenvalue weighted by atomic mass is 9.94. The van der Waals surface area contributed by atoms with E-state index < -0.39 is 24.5 Å². The Labute approximate surface area is 267 Å². The summed E-state index contributed by atoms with van der Waals surface area (Å²) in [6.07, 6.45) is 2.99. The zero-order valence-corrected chi connectivity index (χ0v) is 26.1. The molecule has 3 aromatic heterocycles. The third-order valence-electron chi connectivity index (χ3n) is 9.10. The number of halogens is 3. The molecule has 0 bridgehead atoms. The van der Waals surface area contributed by atoms with E-state index in [-0.39, 0.29) is 30.0 Å². The highest BCUT2D eigenvalue weighted by Crippen LogP contribution is 2.38. The summed E-state index contributed by atoms with van der Waals surface area (Å²) in [7, 11) is 0. The number of fused-ring (bicyclic) bond motifs is 2. The maximum atomic E-state index is 14.6. The number of amides is 1. The third-order valence-corrected chi connectivity index (χ3v) is 9.79. The Balaban J connectivity index is 1.23. The molecule has 1 fully saturated rings. The van der Waals surface area contributed by atoms with Gasteiger partial charge in [0.15, 0.2) is 11.2 Å². The number of aryl methyl sites for hydroxylation is 1. The van der Waals surface area contributed by atoms with Crippen LogP contribution in [0.3, 0.4) is 0 Å². The fourth-order valence-corrected chi connectivity index (χ4v) is 7.12. The summed E-state index contributed by atoms with van der Waals surface area (Å²) in [5, 5.41) is 19.6. The van der Waals surface area contributed by atoms with E-state index in [9.17, 15) is 23.1 Å². The number of piperidine rings is 1. The lowest BCUT2D eigenvalue weighted by molar-refractivity contribution is -0.118. The number of benzene rings is 2. The van der Waals surface area contributed by atoms with Crippen molar-refractivity contribution in [1.82, 2.24) is 29.2 Å². The van der Waals surface area contributed by atoms with Gasteiger partial charge < -0.3 is 14.6 Å². The van der Waals surface area contributed by atoms with Crippen LogP contribution in [0.4, 0.5) is 18.3 Å². The molecule has 1 amide bonds. The van der Waals surface area contributed by atoms with Crippen molar-refractivity contribution in [2.24, 2.45) is 0 Å². The van der Waals surface area contributed by atoms with Crippen LogP contribution in [-0.2, 0) is 24.2 Å². The van der Waals surface area contributed by atoms with Crippen LogP contribution in [0.2, 0.25) is 0 Å². The van der Waals surface area contributed by atoms with E-state index >= 15 is 0 Å². The molecule has 0 radical (unpaired) electrons. The lowest BCUT2D eigenvalue weighted by Crippen LogP contribution is -2.37. The molecule has 2 aromatic carbocycles. The van der Waals surface area contributed by atoms with Crippen molar-refractivity contribution < 1.29 is 23.1 Å². The molecule has 13 heteroatoms. The maximum absolute atomic E-state index is 14.6. The summed E-state index contributed by atoms with van der Waals surface area (Å²) in [6, 6.07) is 8.32. The van der Waals surface area contributed by atoms with E-state index in [1.807, 2.05) is 31.2 Å². The molecule has 2 aliphatic heterocycles. The molecule has 1 saturated heterocycles. The monoisotopic (exact) mass is 649 g/mol. The van der Waals surface area contributed by atoms with Crippen molar-refractivity contribution in [3.05, 3.63) is 82.5 Å². The van der Waals surface area contributed by atoms with Gasteiger partial charge in [0.1, 0.15) is 6.17 Å². The van der Waals surface area contributed by atoms with E-state index in [0.29, 0.717) is 33.2 Å². The highest BCUT2D eigenvalue weighted by atomic mass is 32.1. The molecule has 0 spiro atoms. The first-order chi connectivity index (χ1) is 22.2. The number of thiazole rings is 1. The quantitative estimate of drug-likeness (QED) is 0.212. The van der Waals surface area contributed by atoms with Gasteiger partial charge in [-0.3, -0.25) is 14.8 Å². The van der Waals surface area contributed by atoms with Crippen LogP contribution < -0.4 is 5.32 Å². The molecule has 2 N–H and O–H groups in total. The lowest BCUT2D eigenvalue weighted by Gasteiger charge is -2.29. The van der Waals surface area contributed by atoms with E-state index in [1.54, 1.807) is 16.1 Å². The van der Waals surface area contributed by atoms with Gasteiger partial charge in [0.05, 0.1) is 30.2 Å². The van der Waals surface area contributed by atoms with Crippen molar-refractivity contribution in [3.8, 4) is 11.1 Å². The molecule has 2 aliphatic rings. The summed E-state index contributed by atoms with van der Waals surface area (Å²) in [6.45, 7) is 4.65. The Hall–Kier alpha value is -4.07. The highest BCUT2D eigenvalue weighted by Gasteiger charge is 2.35. The number of imidazole rings is 1. The van der Waals surface area contributed by atoms with E-state index in [2.05, 4.69) is 20.2 Å². The van der Waals surface area contributed by atoms with Gasteiger partial charge in [-0.15, -0.1) is 11.3 Å². The average Bonchev–Trinajstić information content (AvgIpc) is 3.84.